The van der Waals surface area contributed by atoms with E-state index in [1.807, 2.05) is 6.92 Å². The Labute approximate surface area is 128 Å². The second kappa shape index (κ2) is 8.84. The van der Waals surface area contributed by atoms with Gasteiger partial charge < -0.3 is 14.8 Å². The van der Waals surface area contributed by atoms with Crippen LogP contribution in [0.1, 0.15) is 6.92 Å². The Morgan fingerprint density at radius 2 is 2.05 bits per heavy atom. The predicted molar refractivity (Wildman–Crippen MR) is 80.6 cm³/mol. The standard InChI is InChI=1S/C14H17Cl2NO3/c1-10(2)8-19-6-5-17-14(18)9-20-11-3-4-12(15)13(16)7-11/h3-4,7H,1,5-6,8-9H2,2H3,(H,17,18). The Kier molecular flexibility index (Phi) is 7.44. The van der Waals surface area contributed by atoms with Crippen LogP contribution in [-0.2, 0) is 9.53 Å². The fourth-order valence-electron chi connectivity index (χ4n) is 1.28. The smallest absolute Gasteiger partial charge is 0.258 e. The van der Waals surface area contributed by atoms with Crippen molar-refractivity contribution in [3.63, 3.8) is 0 Å². The van der Waals surface area contributed by atoms with Gasteiger partial charge in [-0.15, -0.1) is 0 Å². The largest absolute Gasteiger partial charge is 0.484 e. The van der Waals surface area contributed by atoms with Crippen molar-refractivity contribution in [3.05, 3.63) is 40.4 Å². The van der Waals surface area contributed by atoms with E-state index >= 15 is 0 Å². The molecule has 20 heavy (non-hydrogen) atoms. The number of hydrogen-bond donors (Lipinski definition) is 1. The molecule has 0 heterocycles. The first-order valence-electron chi connectivity index (χ1n) is 6.05. The summed E-state index contributed by atoms with van der Waals surface area (Å²) < 4.78 is 10.5. The molecule has 0 atom stereocenters. The normalized spacial score (nSPS) is 10.2. The second-order valence-electron chi connectivity index (χ2n) is 4.22. The number of carbonyl (C=O) groups is 1. The van der Waals surface area contributed by atoms with Crippen LogP contribution in [0.2, 0.25) is 10.0 Å². The van der Waals surface area contributed by atoms with Gasteiger partial charge in [0, 0.05) is 12.6 Å². The molecule has 0 spiro atoms. The maximum atomic E-state index is 11.5. The molecule has 1 N–H and O–H groups in total. The number of benzene rings is 1. The van der Waals surface area contributed by atoms with Crippen LogP contribution in [0.15, 0.2) is 30.4 Å². The van der Waals surface area contributed by atoms with Crippen molar-refractivity contribution in [1.29, 1.82) is 0 Å². The molecule has 0 saturated heterocycles. The summed E-state index contributed by atoms with van der Waals surface area (Å²) in [4.78, 5) is 11.5. The van der Waals surface area contributed by atoms with E-state index in [1.54, 1.807) is 18.2 Å². The first kappa shape index (κ1) is 16.8. The van der Waals surface area contributed by atoms with Gasteiger partial charge in [-0.1, -0.05) is 35.4 Å². The number of hydrogen-bond acceptors (Lipinski definition) is 3. The highest BCUT2D eigenvalue weighted by atomic mass is 35.5. The zero-order valence-corrected chi connectivity index (χ0v) is 12.8. The average molecular weight is 318 g/mol. The van der Waals surface area contributed by atoms with Gasteiger partial charge in [0.25, 0.3) is 5.91 Å². The molecular weight excluding hydrogens is 301 g/mol. The third-order valence-electron chi connectivity index (χ3n) is 2.18. The lowest BCUT2D eigenvalue weighted by molar-refractivity contribution is -0.123. The van der Waals surface area contributed by atoms with Crippen molar-refractivity contribution in [1.82, 2.24) is 5.32 Å². The highest BCUT2D eigenvalue weighted by Gasteiger charge is 2.04. The number of rotatable bonds is 8. The zero-order chi connectivity index (χ0) is 15.0. The highest BCUT2D eigenvalue weighted by molar-refractivity contribution is 6.42. The van der Waals surface area contributed by atoms with E-state index in [-0.39, 0.29) is 12.5 Å². The third kappa shape index (κ3) is 6.80. The summed E-state index contributed by atoms with van der Waals surface area (Å²) in [7, 11) is 0. The van der Waals surface area contributed by atoms with Crippen molar-refractivity contribution in [3.8, 4) is 5.75 Å². The molecule has 0 bridgehead atoms. The minimum absolute atomic E-state index is 0.0849. The lowest BCUT2D eigenvalue weighted by Gasteiger charge is -2.08. The van der Waals surface area contributed by atoms with Crippen molar-refractivity contribution in [2.45, 2.75) is 6.92 Å². The van der Waals surface area contributed by atoms with Crippen LogP contribution in [0, 0.1) is 0 Å². The molecule has 0 aromatic heterocycles. The Hall–Kier alpha value is -1.23. The lowest BCUT2D eigenvalue weighted by atomic mass is 10.3. The van der Waals surface area contributed by atoms with E-state index < -0.39 is 0 Å². The van der Waals surface area contributed by atoms with E-state index in [0.29, 0.717) is 35.6 Å². The molecule has 1 aromatic carbocycles. The first-order chi connectivity index (χ1) is 9.49. The van der Waals surface area contributed by atoms with Crippen LogP contribution < -0.4 is 10.1 Å². The van der Waals surface area contributed by atoms with Gasteiger partial charge in [0.1, 0.15) is 5.75 Å². The summed E-state index contributed by atoms with van der Waals surface area (Å²) in [5.74, 6) is 0.267. The summed E-state index contributed by atoms with van der Waals surface area (Å²) >= 11 is 11.6. The SMILES string of the molecule is C=C(C)COCCNC(=O)COc1ccc(Cl)c(Cl)c1. The maximum absolute atomic E-state index is 11.5. The van der Waals surface area contributed by atoms with Gasteiger partial charge in [-0.2, -0.15) is 0 Å². The lowest BCUT2D eigenvalue weighted by Crippen LogP contribution is -2.31. The van der Waals surface area contributed by atoms with Crippen LogP contribution in [0.3, 0.4) is 0 Å². The van der Waals surface area contributed by atoms with Gasteiger partial charge >= 0.3 is 0 Å². The molecular formula is C14H17Cl2NO3. The molecule has 0 fully saturated rings. The monoisotopic (exact) mass is 317 g/mol. The number of ether oxygens (including phenoxy) is 2. The molecule has 0 aliphatic heterocycles. The van der Waals surface area contributed by atoms with Gasteiger partial charge in [0.05, 0.1) is 23.3 Å². The summed E-state index contributed by atoms with van der Waals surface area (Å²) in [6.45, 7) is 6.86. The second-order valence-corrected chi connectivity index (χ2v) is 5.04. The molecule has 1 aromatic rings. The fraction of sp³-hybridized carbons (Fsp3) is 0.357. The summed E-state index contributed by atoms with van der Waals surface area (Å²) in [6, 6.07) is 4.83. The van der Waals surface area contributed by atoms with Crippen molar-refractivity contribution in [2.75, 3.05) is 26.4 Å². The zero-order valence-electron chi connectivity index (χ0n) is 11.2. The topological polar surface area (TPSA) is 47.6 Å². The third-order valence-corrected chi connectivity index (χ3v) is 2.92. The minimum Gasteiger partial charge on any atom is -0.484 e. The number of nitrogens with one attached hydrogen (secondary N) is 1. The Morgan fingerprint density at radius 1 is 1.30 bits per heavy atom. The molecule has 1 rings (SSSR count). The molecule has 1 amide bonds. The Bertz CT molecular complexity index is 477. The predicted octanol–water partition coefficient (Wildman–Crippen LogP) is 3.08. The van der Waals surface area contributed by atoms with Crippen molar-refractivity contribution in [2.24, 2.45) is 0 Å². The number of halogens is 2. The van der Waals surface area contributed by atoms with E-state index in [4.69, 9.17) is 32.7 Å². The molecule has 4 nitrogen and oxygen atoms in total. The molecule has 0 saturated carbocycles. The number of amides is 1. The van der Waals surface area contributed by atoms with E-state index in [2.05, 4.69) is 11.9 Å². The highest BCUT2D eigenvalue weighted by Crippen LogP contribution is 2.26. The maximum Gasteiger partial charge on any atom is 0.258 e. The fourth-order valence-corrected chi connectivity index (χ4v) is 1.56. The van der Waals surface area contributed by atoms with Crippen LogP contribution in [0.4, 0.5) is 0 Å². The number of carbonyl (C=O) groups excluding carboxylic acids is 1. The van der Waals surface area contributed by atoms with E-state index in [0.717, 1.165) is 5.57 Å². The van der Waals surface area contributed by atoms with Gasteiger partial charge in [-0.25, -0.2) is 0 Å². The summed E-state index contributed by atoms with van der Waals surface area (Å²) in [5.41, 5.74) is 0.944. The van der Waals surface area contributed by atoms with Crippen LogP contribution in [0.5, 0.6) is 5.75 Å². The van der Waals surface area contributed by atoms with Crippen molar-refractivity contribution >= 4 is 29.1 Å². The van der Waals surface area contributed by atoms with Crippen molar-refractivity contribution < 1.29 is 14.3 Å². The van der Waals surface area contributed by atoms with Crippen LogP contribution in [-0.4, -0.2) is 32.3 Å². The quantitative estimate of drug-likeness (QED) is 0.592. The summed E-state index contributed by atoms with van der Waals surface area (Å²) in [5, 5.41) is 3.50. The van der Waals surface area contributed by atoms with Gasteiger partial charge in [-0.3, -0.25) is 4.79 Å². The van der Waals surface area contributed by atoms with Crippen LogP contribution >= 0.6 is 23.2 Å². The molecule has 0 aliphatic rings. The molecule has 110 valence electrons. The van der Waals surface area contributed by atoms with Gasteiger partial charge in [0.2, 0.25) is 0 Å². The minimum atomic E-state index is -0.227. The molecule has 0 unspecified atom stereocenters. The summed E-state index contributed by atoms with van der Waals surface area (Å²) in [6.07, 6.45) is 0. The van der Waals surface area contributed by atoms with E-state index in [9.17, 15) is 4.79 Å². The average Bonchev–Trinajstić information content (AvgIpc) is 2.39. The Morgan fingerprint density at radius 3 is 2.70 bits per heavy atom. The van der Waals surface area contributed by atoms with Crippen LogP contribution in [0.25, 0.3) is 0 Å². The molecule has 0 aliphatic carbocycles. The Balaban J connectivity index is 2.19. The molecule has 6 heteroatoms. The molecule has 0 radical (unpaired) electrons. The first-order valence-corrected chi connectivity index (χ1v) is 6.81. The van der Waals surface area contributed by atoms with E-state index in [1.165, 1.54) is 0 Å². The van der Waals surface area contributed by atoms with Gasteiger partial charge in [0.15, 0.2) is 6.61 Å². The van der Waals surface area contributed by atoms with Gasteiger partial charge in [-0.05, 0) is 19.1 Å².